The van der Waals surface area contributed by atoms with Crippen molar-refractivity contribution < 1.29 is 19.0 Å². The van der Waals surface area contributed by atoms with Gasteiger partial charge in [-0.1, -0.05) is 0 Å². The first-order chi connectivity index (χ1) is 15.6. The quantitative estimate of drug-likeness (QED) is 0.471. The number of hydrogen-bond donors (Lipinski definition) is 1. The van der Waals surface area contributed by atoms with Gasteiger partial charge in [0.2, 0.25) is 5.88 Å². The molecular formula is C23H21N5O4. The van der Waals surface area contributed by atoms with Crippen molar-refractivity contribution in [2.45, 2.75) is 6.92 Å². The summed E-state index contributed by atoms with van der Waals surface area (Å²) < 4.78 is 17.8. The molecule has 0 atom stereocenters. The molecule has 162 valence electrons. The van der Waals surface area contributed by atoms with Crippen LogP contribution >= 0.6 is 0 Å². The van der Waals surface area contributed by atoms with Gasteiger partial charge < -0.3 is 19.5 Å². The third kappa shape index (κ3) is 4.67. The van der Waals surface area contributed by atoms with E-state index in [1.165, 1.54) is 7.11 Å². The summed E-state index contributed by atoms with van der Waals surface area (Å²) in [5.41, 5.74) is 1.96. The summed E-state index contributed by atoms with van der Waals surface area (Å²) in [4.78, 5) is 12.5. The molecular weight excluding hydrogens is 410 g/mol. The van der Waals surface area contributed by atoms with Crippen LogP contribution in [-0.2, 0) is 0 Å². The first kappa shape index (κ1) is 20.9. The number of rotatable bonds is 7. The molecule has 0 saturated heterocycles. The molecule has 2 aromatic heterocycles. The third-order valence-electron chi connectivity index (χ3n) is 4.56. The van der Waals surface area contributed by atoms with E-state index in [4.69, 9.17) is 14.2 Å². The van der Waals surface area contributed by atoms with Crippen LogP contribution in [0.1, 0.15) is 16.1 Å². The van der Waals surface area contributed by atoms with Crippen molar-refractivity contribution in [2.24, 2.45) is 0 Å². The van der Waals surface area contributed by atoms with Crippen LogP contribution in [0.2, 0.25) is 0 Å². The summed E-state index contributed by atoms with van der Waals surface area (Å²) >= 11 is 0. The molecule has 0 aliphatic carbocycles. The number of hydrogen-bond acceptors (Lipinski definition) is 7. The topological polar surface area (TPSA) is 100 Å². The van der Waals surface area contributed by atoms with Gasteiger partial charge >= 0.3 is 0 Å². The molecule has 0 fully saturated rings. The molecule has 0 spiro atoms. The zero-order valence-corrected chi connectivity index (χ0v) is 17.8. The predicted molar refractivity (Wildman–Crippen MR) is 118 cm³/mol. The number of benzene rings is 2. The minimum absolute atomic E-state index is 0.269. The van der Waals surface area contributed by atoms with E-state index in [0.717, 1.165) is 5.69 Å². The molecule has 4 aromatic rings. The van der Waals surface area contributed by atoms with Crippen LogP contribution in [0.15, 0.2) is 66.9 Å². The van der Waals surface area contributed by atoms with Crippen LogP contribution in [0.5, 0.6) is 23.1 Å². The summed E-state index contributed by atoms with van der Waals surface area (Å²) in [6.07, 6.45) is 1.81. The Bertz CT molecular complexity index is 1220. The van der Waals surface area contributed by atoms with Crippen molar-refractivity contribution in [3.63, 3.8) is 0 Å². The summed E-state index contributed by atoms with van der Waals surface area (Å²) in [7, 11) is 3.07. The van der Waals surface area contributed by atoms with E-state index in [-0.39, 0.29) is 5.91 Å². The van der Waals surface area contributed by atoms with E-state index in [2.05, 4.69) is 20.6 Å². The molecule has 2 heterocycles. The number of anilines is 1. The molecule has 0 saturated carbocycles. The number of amides is 1. The Labute approximate surface area is 184 Å². The van der Waals surface area contributed by atoms with Crippen LogP contribution in [-0.4, -0.2) is 40.1 Å². The lowest BCUT2D eigenvalue weighted by Crippen LogP contribution is -2.12. The van der Waals surface area contributed by atoms with Crippen molar-refractivity contribution in [3.05, 3.63) is 78.1 Å². The second-order valence-electron chi connectivity index (χ2n) is 6.78. The Balaban J connectivity index is 1.39. The molecule has 2 aromatic carbocycles. The minimum Gasteiger partial charge on any atom is -0.493 e. The SMILES string of the molecule is COc1ccc(C(=O)Nc2ccc(Oc3ccc(-n4ccc(C)n4)nn3)cc2)cc1OC. The third-order valence-corrected chi connectivity index (χ3v) is 4.56. The van der Waals surface area contributed by atoms with Gasteiger partial charge in [0.1, 0.15) is 5.75 Å². The fourth-order valence-corrected chi connectivity index (χ4v) is 2.94. The maximum atomic E-state index is 12.5. The lowest BCUT2D eigenvalue weighted by Gasteiger charge is -2.10. The highest BCUT2D eigenvalue weighted by Crippen LogP contribution is 2.28. The number of ether oxygens (including phenoxy) is 3. The van der Waals surface area contributed by atoms with Gasteiger partial charge in [-0.05, 0) is 61.5 Å². The molecule has 0 unspecified atom stereocenters. The van der Waals surface area contributed by atoms with Crippen molar-refractivity contribution in [1.82, 2.24) is 20.0 Å². The van der Waals surface area contributed by atoms with Crippen molar-refractivity contribution in [2.75, 3.05) is 19.5 Å². The van der Waals surface area contributed by atoms with Crippen LogP contribution in [0, 0.1) is 6.92 Å². The van der Waals surface area contributed by atoms with E-state index >= 15 is 0 Å². The first-order valence-electron chi connectivity index (χ1n) is 9.73. The number of nitrogens with zero attached hydrogens (tertiary/aromatic N) is 4. The lowest BCUT2D eigenvalue weighted by atomic mass is 10.2. The minimum atomic E-state index is -0.269. The molecule has 0 aliphatic heterocycles. The number of carbonyl (C=O) groups excluding carboxylic acids is 1. The number of aryl methyl sites for hydroxylation is 1. The molecule has 4 rings (SSSR count). The van der Waals surface area contributed by atoms with Crippen LogP contribution in [0.3, 0.4) is 0 Å². The zero-order valence-electron chi connectivity index (χ0n) is 17.8. The van der Waals surface area contributed by atoms with Gasteiger partial charge in [0.25, 0.3) is 5.91 Å². The molecule has 0 radical (unpaired) electrons. The highest BCUT2D eigenvalue weighted by molar-refractivity contribution is 6.04. The number of aromatic nitrogens is 4. The highest BCUT2D eigenvalue weighted by Gasteiger charge is 2.11. The molecule has 0 aliphatic rings. The van der Waals surface area contributed by atoms with Gasteiger partial charge in [-0.25, -0.2) is 4.68 Å². The van der Waals surface area contributed by atoms with Crippen molar-refractivity contribution in [3.8, 4) is 28.9 Å². The highest BCUT2D eigenvalue weighted by atomic mass is 16.5. The van der Waals surface area contributed by atoms with E-state index in [9.17, 15) is 4.79 Å². The van der Waals surface area contributed by atoms with E-state index in [1.54, 1.807) is 66.4 Å². The van der Waals surface area contributed by atoms with Crippen LogP contribution in [0.25, 0.3) is 5.82 Å². The maximum Gasteiger partial charge on any atom is 0.255 e. The standard InChI is InChI=1S/C23H21N5O4/c1-15-12-13-28(27-15)21-10-11-22(26-25-21)32-18-7-5-17(6-8-18)24-23(29)16-4-9-19(30-2)20(14-16)31-3/h4-14H,1-3H3,(H,24,29). The second-order valence-corrected chi connectivity index (χ2v) is 6.78. The summed E-state index contributed by atoms with van der Waals surface area (Å²) in [6, 6.07) is 17.3. The second kappa shape index (κ2) is 9.17. The van der Waals surface area contributed by atoms with Gasteiger partial charge in [0.05, 0.1) is 19.9 Å². The van der Waals surface area contributed by atoms with Crippen molar-refractivity contribution >= 4 is 11.6 Å². The molecule has 32 heavy (non-hydrogen) atoms. The predicted octanol–water partition coefficient (Wildman–Crippen LogP) is 4.03. The largest absolute Gasteiger partial charge is 0.493 e. The number of nitrogens with one attached hydrogen (secondary N) is 1. The average molecular weight is 431 g/mol. The Morgan fingerprint density at radius 3 is 2.31 bits per heavy atom. The smallest absolute Gasteiger partial charge is 0.255 e. The fraction of sp³-hybridized carbons (Fsp3) is 0.130. The zero-order chi connectivity index (χ0) is 22.5. The summed E-state index contributed by atoms with van der Waals surface area (Å²) in [5, 5.41) is 15.3. The maximum absolute atomic E-state index is 12.5. The molecule has 9 heteroatoms. The lowest BCUT2D eigenvalue weighted by molar-refractivity contribution is 0.102. The van der Waals surface area contributed by atoms with Gasteiger partial charge in [-0.3, -0.25) is 4.79 Å². The monoisotopic (exact) mass is 431 g/mol. The van der Waals surface area contributed by atoms with Crippen LogP contribution < -0.4 is 19.5 Å². The Hall–Kier alpha value is -4.40. The van der Waals surface area contributed by atoms with E-state index in [0.29, 0.717) is 40.2 Å². The number of carbonyl (C=O) groups is 1. The Morgan fingerprint density at radius 1 is 0.906 bits per heavy atom. The summed E-state index contributed by atoms with van der Waals surface area (Å²) in [5.74, 6) is 2.28. The van der Waals surface area contributed by atoms with E-state index < -0.39 is 0 Å². The normalized spacial score (nSPS) is 10.5. The number of methoxy groups -OCH3 is 2. The first-order valence-corrected chi connectivity index (χ1v) is 9.73. The van der Waals surface area contributed by atoms with Crippen molar-refractivity contribution in [1.29, 1.82) is 0 Å². The Kier molecular flexibility index (Phi) is 5.98. The van der Waals surface area contributed by atoms with Gasteiger partial charge in [-0.2, -0.15) is 5.10 Å². The molecule has 0 bridgehead atoms. The molecule has 1 N–H and O–H groups in total. The Morgan fingerprint density at radius 2 is 1.69 bits per heavy atom. The van der Waals surface area contributed by atoms with Gasteiger partial charge in [0, 0.05) is 23.5 Å². The van der Waals surface area contributed by atoms with Gasteiger partial charge in [-0.15, -0.1) is 10.2 Å². The van der Waals surface area contributed by atoms with Crippen LogP contribution in [0.4, 0.5) is 5.69 Å². The van der Waals surface area contributed by atoms with Gasteiger partial charge in [0.15, 0.2) is 17.3 Å². The fourth-order valence-electron chi connectivity index (χ4n) is 2.94. The molecule has 9 nitrogen and oxygen atoms in total. The average Bonchev–Trinajstić information content (AvgIpc) is 3.26. The molecule has 1 amide bonds. The summed E-state index contributed by atoms with van der Waals surface area (Å²) in [6.45, 7) is 1.90. The van der Waals surface area contributed by atoms with E-state index in [1.807, 2.05) is 19.2 Å².